The summed E-state index contributed by atoms with van der Waals surface area (Å²) >= 11 is 5.92. The molecule has 0 saturated heterocycles. The van der Waals surface area contributed by atoms with E-state index in [4.69, 9.17) is 11.6 Å². The zero-order valence-electron chi connectivity index (χ0n) is 10.2. The van der Waals surface area contributed by atoms with Gasteiger partial charge < -0.3 is 15.5 Å². The zero-order chi connectivity index (χ0) is 14.0. The van der Waals surface area contributed by atoms with Crippen LogP contribution in [0.1, 0.15) is 18.5 Å². The lowest BCUT2D eigenvalue weighted by atomic mass is 10.1. The van der Waals surface area contributed by atoms with Gasteiger partial charge in [0, 0.05) is 12.1 Å². The largest absolute Gasteiger partial charge is 0.508 e. The topological polar surface area (TPSA) is 52.5 Å². The highest BCUT2D eigenvalue weighted by Crippen LogP contribution is 2.30. The Morgan fingerprint density at radius 3 is 2.32 bits per heavy atom. The van der Waals surface area contributed by atoms with Gasteiger partial charge in [0.15, 0.2) is 0 Å². The highest BCUT2D eigenvalue weighted by atomic mass is 35.5. The molecule has 0 radical (unpaired) electrons. The van der Waals surface area contributed by atoms with Gasteiger partial charge in [0.05, 0.1) is 10.7 Å². The molecule has 0 bridgehead atoms. The fraction of sp³-hybridized carbons (Fsp3) is 0.143. The Kier molecular flexibility index (Phi) is 3.81. The summed E-state index contributed by atoms with van der Waals surface area (Å²) < 4.78 is 12.9. The maximum absolute atomic E-state index is 12.9. The van der Waals surface area contributed by atoms with Gasteiger partial charge in [-0.1, -0.05) is 11.6 Å². The van der Waals surface area contributed by atoms with Crippen LogP contribution in [0.3, 0.4) is 0 Å². The molecule has 1 unspecified atom stereocenters. The summed E-state index contributed by atoms with van der Waals surface area (Å²) in [6, 6.07) is 8.18. The molecule has 0 aliphatic heterocycles. The highest BCUT2D eigenvalue weighted by Gasteiger charge is 2.10. The van der Waals surface area contributed by atoms with Gasteiger partial charge >= 0.3 is 0 Å². The number of halogens is 2. The van der Waals surface area contributed by atoms with Crippen LogP contribution in [0, 0.1) is 5.82 Å². The van der Waals surface area contributed by atoms with E-state index >= 15 is 0 Å². The van der Waals surface area contributed by atoms with Crippen LogP contribution in [0.25, 0.3) is 0 Å². The first kappa shape index (κ1) is 13.5. The number of nitrogens with one attached hydrogen (secondary N) is 1. The maximum Gasteiger partial charge on any atom is 0.124 e. The van der Waals surface area contributed by atoms with Crippen molar-refractivity contribution in [3.63, 3.8) is 0 Å². The second kappa shape index (κ2) is 5.36. The van der Waals surface area contributed by atoms with Crippen LogP contribution in [-0.2, 0) is 0 Å². The fourth-order valence-corrected chi connectivity index (χ4v) is 2.01. The third-order valence-electron chi connectivity index (χ3n) is 2.73. The van der Waals surface area contributed by atoms with Crippen LogP contribution in [0.5, 0.6) is 11.5 Å². The molecule has 0 fully saturated rings. The van der Waals surface area contributed by atoms with Gasteiger partial charge in [0.25, 0.3) is 0 Å². The van der Waals surface area contributed by atoms with Gasteiger partial charge in [0.2, 0.25) is 0 Å². The molecule has 0 spiro atoms. The van der Waals surface area contributed by atoms with Crippen molar-refractivity contribution in [2.75, 3.05) is 5.32 Å². The number of rotatable bonds is 3. The molecule has 0 heterocycles. The standard InChI is InChI=1S/C14H13ClFNO2/c1-8(9-4-11(18)7-12(19)5-9)17-14-3-2-10(16)6-13(14)15/h2-8,17-19H,1H3. The van der Waals surface area contributed by atoms with Crippen molar-refractivity contribution in [2.45, 2.75) is 13.0 Å². The van der Waals surface area contributed by atoms with E-state index in [0.717, 1.165) is 0 Å². The molecular weight excluding hydrogens is 269 g/mol. The second-order valence-corrected chi connectivity index (χ2v) is 4.68. The zero-order valence-corrected chi connectivity index (χ0v) is 10.9. The summed E-state index contributed by atoms with van der Waals surface area (Å²) in [6.45, 7) is 1.84. The number of phenolic OH excluding ortho intramolecular Hbond substituents is 2. The Morgan fingerprint density at radius 1 is 1.11 bits per heavy atom. The van der Waals surface area contributed by atoms with Gasteiger partial charge in [-0.3, -0.25) is 0 Å². The van der Waals surface area contributed by atoms with Crippen LogP contribution in [0.4, 0.5) is 10.1 Å². The maximum atomic E-state index is 12.9. The van der Waals surface area contributed by atoms with Gasteiger partial charge in [-0.05, 0) is 42.8 Å². The molecule has 0 amide bonds. The molecule has 100 valence electrons. The van der Waals surface area contributed by atoms with Crippen molar-refractivity contribution in [3.8, 4) is 11.5 Å². The second-order valence-electron chi connectivity index (χ2n) is 4.27. The lowest BCUT2D eigenvalue weighted by Gasteiger charge is -2.17. The Labute approximate surface area is 115 Å². The van der Waals surface area contributed by atoms with Gasteiger partial charge in [-0.15, -0.1) is 0 Å². The van der Waals surface area contributed by atoms with Crippen molar-refractivity contribution in [3.05, 3.63) is 52.8 Å². The normalized spacial score (nSPS) is 12.2. The van der Waals surface area contributed by atoms with Gasteiger partial charge in [-0.25, -0.2) is 4.39 Å². The fourth-order valence-electron chi connectivity index (χ4n) is 1.79. The van der Waals surface area contributed by atoms with Crippen LogP contribution in [-0.4, -0.2) is 10.2 Å². The van der Waals surface area contributed by atoms with E-state index in [0.29, 0.717) is 11.3 Å². The first-order chi connectivity index (χ1) is 8.95. The molecule has 0 aromatic heterocycles. The van der Waals surface area contributed by atoms with Crippen molar-refractivity contribution >= 4 is 17.3 Å². The number of aromatic hydroxyl groups is 2. The molecule has 2 aromatic rings. The smallest absolute Gasteiger partial charge is 0.124 e. The summed E-state index contributed by atoms with van der Waals surface area (Å²) in [5, 5.41) is 22.2. The predicted octanol–water partition coefficient (Wildman–Crippen LogP) is 4.06. The number of anilines is 1. The molecule has 1 atom stereocenters. The minimum atomic E-state index is -0.404. The van der Waals surface area contributed by atoms with E-state index in [1.165, 1.54) is 36.4 Å². The number of phenols is 2. The third kappa shape index (κ3) is 3.29. The predicted molar refractivity (Wildman–Crippen MR) is 73.2 cm³/mol. The molecule has 3 nitrogen and oxygen atoms in total. The van der Waals surface area contributed by atoms with Crippen molar-refractivity contribution < 1.29 is 14.6 Å². The molecule has 0 aliphatic carbocycles. The third-order valence-corrected chi connectivity index (χ3v) is 3.04. The Hall–Kier alpha value is -1.94. The Balaban J connectivity index is 2.22. The average molecular weight is 282 g/mol. The quantitative estimate of drug-likeness (QED) is 0.795. The Morgan fingerprint density at radius 2 is 1.74 bits per heavy atom. The average Bonchev–Trinajstić information content (AvgIpc) is 2.31. The van der Waals surface area contributed by atoms with Crippen LogP contribution in [0.15, 0.2) is 36.4 Å². The summed E-state index contributed by atoms with van der Waals surface area (Å²) in [7, 11) is 0. The van der Waals surface area contributed by atoms with Crippen molar-refractivity contribution in [2.24, 2.45) is 0 Å². The van der Waals surface area contributed by atoms with E-state index in [2.05, 4.69) is 5.32 Å². The van der Waals surface area contributed by atoms with Gasteiger partial charge in [-0.2, -0.15) is 0 Å². The van der Waals surface area contributed by atoms with Gasteiger partial charge in [0.1, 0.15) is 17.3 Å². The molecule has 3 N–H and O–H groups in total. The molecule has 5 heteroatoms. The summed E-state index contributed by atoms with van der Waals surface area (Å²) in [6.07, 6.45) is 0. The minimum absolute atomic E-state index is 0.0196. The molecule has 19 heavy (non-hydrogen) atoms. The van der Waals surface area contributed by atoms with E-state index in [-0.39, 0.29) is 22.6 Å². The van der Waals surface area contributed by atoms with E-state index in [1.807, 2.05) is 6.92 Å². The van der Waals surface area contributed by atoms with Crippen LogP contribution in [0.2, 0.25) is 5.02 Å². The molecular formula is C14H13ClFNO2. The van der Waals surface area contributed by atoms with E-state index < -0.39 is 5.82 Å². The van der Waals surface area contributed by atoms with Crippen molar-refractivity contribution in [1.82, 2.24) is 0 Å². The first-order valence-corrected chi connectivity index (χ1v) is 6.08. The number of hydrogen-bond donors (Lipinski definition) is 3. The van der Waals surface area contributed by atoms with E-state index in [1.54, 1.807) is 0 Å². The lowest BCUT2D eigenvalue weighted by Crippen LogP contribution is -2.07. The monoisotopic (exact) mass is 281 g/mol. The molecule has 0 saturated carbocycles. The summed E-state index contributed by atoms with van der Waals surface area (Å²) in [5.74, 6) is -0.444. The molecule has 2 aromatic carbocycles. The minimum Gasteiger partial charge on any atom is -0.508 e. The molecule has 2 rings (SSSR count). The summed E-state index contributed by atoms with van der Waals surface area (Å²) in [4.78, 5) is 0. The number of benzene rings is 2. The van der Waals surface area contributed by atoms with Crippen molar-refractivity contribution in [1.29, 1.82) is 0 Å². The van der Waals surface area contributed by atoms with Crippen LogP contribution >= 0.6 is 11.6 Å². The lowest BCUT2D eigenvalue weighted by molar-refractivity contribution is 0.448. The molecule has 0 aliphatic rings. The van der Waals surface area contributed by atoms with E-state index in [9.17, 15) is 14.6 Å². The summed E-state index contributed by atoms with van der Waals surface area (Å²) in [5.41, 5.74) is 1.27. The first-order valence-electron chi connectivity index (χ1n) is 5.70. The highest BCUT2D eigenvalue weighted by molar-refractivity contribution is 6.33. The Bertz CT molecular complexity index is 584. The number of hydrogen-bond acceptors (Lipinski definition) is 3. The van der Waals surface area contributed by atoms with Crippen LogP contribution < -0.4 is 5.32 Å². The SMILES string of the molecule is CC(Nc1ccc(F)cc1Cl)c1cc(O)cc(O)c1.